The predicted molar refractivity (Wildman–Crippen MR) is 102 cm³/mol. The third-order valence-electron chi connectivity index (χ3n) is 3.75. The average Bonchev–Trinajstić information content (AvgIpc) is 3.06. The Morgan fingerprint density at radius 2 is 1.69 bits per heavy atom. The summed E-state index contributed by atoms with van der Waals surface area (Å²) in [4.78, 5) is 0. The number of hydrogen-bond donors (Lipinski definition) is 1. The van der Waals surface area contributed by atoms with Crippen molar-refractivity contribution in [2.75, 3.05) is 21.3 Å². The topological polar surface area (TPSA) is 73.7 Å². The largest absolute Gasteiger partial charge is 0.497 e. The van der Waals surface area contributed by atoms with E-state index in [9.17, 15) is 0 Å². The maximum absolute atomic E-state index is 5.37. The highest BCUT2D eigenvalue weighted by molar-refractivity contribution is 7.71. The number of ether oxygens (including phenoxy) is 3. The van der Waals surface area contributed by atoms with E-state index in [1.807, 2.05) is 42.5 Å². The van der Waals surface area contributed by atoms with Gasteiger partial charge in [-0.05, 0) is 54.7 Å². The summed E-state index contributed by atoms with van der Waals surface area (Å²) in [6.45, 7) is 0. The molecule has 1 heterocycles. The summed E-state index contributed by atoms with van der Waals surface area (Å²) in [5.74, 6) is 2.74. The molecule has 3 rings (SSSR count). The first kappa shape index (κ1) is 17.7. The fourth-order valence-corrected chi connectivity index (χ4v) is 2.57. The molecule has 0 radical (unpaired) electrons. The first-order chi connectivity index (χ1) is 12.7. The molecule has 0 aliphatic rings. The Kier molecular flexibility index (Phi) is 5.33. The lowest BCUT2D eigenvalue weighted by Gasteiger charge is -2.07. The van der Waals surface area contributed by atoms with Crippen LogP contribution in [0.1, 0.15) is 5.56 Å². The van der Waals surface area contributed by atoms with Crippen molar-refractivity contribution < 1.29 is 14.2 Å². The van der Waals surface area contributed by atoms with Gasteiger partial charge >= 0.3 is 0 Å². The van der Waals surface area contributed by atoms with Gasteiger partial charge in [-0.25, -0.2) is 5.10 Å². The van der Waals surface area contributed by atoms with E-state index in [0.29, 0.717) is 22.1 Å². The number of methoxy groups -OCH3 is 3. The molecule has 0 unspecified atom stereocenters. The number of aromatic amines is 1. The molecule has 0 amide bonds. The van der Waals surface area contributed by atoms with Gasteiger partial charge < -0.3 is 14.2 Å². The molecule has 0 aliphatic carbocycles. The second-order valence-corrected chi connectivity index (χ2v) is 5.63. The van der Waals surface area contributed by atoms with Crippen molar-refractivity contribution in [2.24, 2.45) is 5.10 Å². The van der Waals surface area contributed by atoms with Crippen LogP contribution in [-0.2, 0) is 0 Å². The van der Waals surface area contributed by atoms with E-state index < -0.39 is 0 Å². The Labute approximate surface area is 155 Å². The Morgan fingerprint density at radius 1 is 1.00 bits per heavy atom. The highest BCUT2D eigenvalue weighted by Gasteiger charge is 2.09. The molecule has 26 heavy (non-hydrogen) atoms. The van der Waals surface area contributed by atoms with Crippen molar-refractivity contribution in [2.45, 2.75) is 0 Å². The van der Waals surface area contributed by atoms with Gasteiger partial charge in [0.25, 0.3) is 0 Å². The molecule has 0 spiro atoms. The summed E-state index contributed by atoms with van der Waals surface area (Å²) in [6.07, 6.45) is 1.65. The molecule has 0 saturated heterocycles. The maximum atomic E-state index is 5.37. The maximum Gasteiger partial charge on any atom is 0.216 e. The van der Waals surface area contributed by atoms with Crippen LogP contribution in [0.15, 0.2) is 47.6 Å². The Hall–Kier alpha value is -3.13. The number of nitrogens with zero attached hydrogens (tertiary/aromatic N) is 3. The zero-order valence-electron chi connectivity index (χ0n) is 14.6. The lowest BCUT2D eigenvalue weighted by Crippen LogP contribution is -1.97. The first-order valence-corrected chi connectivity index (χ1v) is 8.15. The van der Waals surface area contributed by atoms with Gasteiger partial charge in [0.15, 0.2) is 5.82 Å². The van der Waals surface area contributed by atoms with Gasteiger partial charge in [-0.15, -0.1) is 0 Å². The van der Waals surface area contributed by atoms with Crippen LogP contribution in [0.4, 0.5) is 0 Å². The Balaban J connectivity index is 1.99. The zero-order valence-corrected chi connectivity index (χ0v) is 15.4. The van der Waals surface area contributed by atoms with Crippen molar-refractivity contribution in [3.63, 3.8) is 0 Å². The zero-order chi connectivity index (χ0) is 18.5. The summed E-state index contributed by atoms with van der Waals surface area (Å²) < 4.78 is 17.7. The fraction of sp³-hybridized carbons (Fsp3) is 0.167. The first-order valence-electron chi connectivity index (χ1n) is 7.74. The Morgan fingerprint density at radius 3 is 2.35 bits per heavy atom. The van der Waals surface area contributed by atoms with Gasteiger partial charge in [-0.2, -0.15) is 14.9 Å². The van der Waals surface area contributed by atoms with Crippen LogP contribution in [0.5, 0.6) is 17.2 Å². The van der Waals surface area contributed by atoms with Gasteiger partial charge in [0.1, 0.15) is 17.2 Å². The molecule has 134 valence electrons. The summed E-state index contributed by atoms with van der Waals surface area (Å²) in [5.41, 5.74) is 1.61. The molecular formula is C18H18N4O3S. The standard InChI is InChI=1S/C18H18N4O3S/c1-23-14-6-4-12(5-7-14)17-20-21-18(26)22(17)19-11-13-10-15(24-2)8-9-16(13)25-3/h4-11H,1-3H3,(H,21,26). The number of H-pyrrole nitrogens is 1. The van der Waals surface area contributed by atoms with Crippen LogP contribution in [0.2, 0.25) is 0 Å². The van der Waals surface area contributed by atoms with Gasteiger partial charge in [0, 0.05) is 11.1 Å². The second-order valence-electron chi connectivity index (χ2n) is 5.25. The molecule has 0 bridgehead atoms. The highest BCUT2D eigenvalue weighted by atomic mass is 32.1. The molecule has 0 atom stereocenters. The van der Waals surface area contributed by atoms with Crippen LogP contribution in [0, 0.1) is 4.77 Å². The van der Waals surface area contributed by atoms with Crippen molar-refractivity contribution in [1.29, 1.82) is 0 Å². The van der Waals surface area contributed by atoms with E-state index in [2.05, 4.69) is 15.3 Å². The molecule has 1 aromatic heterocycles. The van der Waals surface area contributed by atoms with E-state index >= 15 is 0 Å². The number of rotatable bonds is 6. The van der Waals surface area contributed by atoms with E-state index in [4.69, 9.17) is 26.4 Å². The van der Waals surface area contributed by atoms with Crippen LogP contribution in [0.3, 0.4) is 0 Å². The van der Waals surface area contributed by atoms with Crippen LogP contribution >= 0.6 is 12.2 Å². The third kappa shape index (κ3) is 3.60. The monoisotopic (exact) mass is 370 g/mol. The number of aromatic nitrogens is 3. The molecule has 8 heteroatoms. The van der Waals surface area contributed by atoms with Crippen LogP contribution < -0.4 is 14.2 Å². The fourth-order valence-electron chi connectivity index (χ4n) is 2.39. The third-order valence-corrected chi connectivity index (χ3v) is 4.01. The van der Waals surface area contributed by atoms with E-state index in [1.165, 1.54) is 0 Å². The van der Waals surface area contributed by atoms with Crippen molar-refractivity contribution in [3.05, 3.63) is 52.8 Å². The van der Waals surface area contributed by atoms with Crippen molar-refractivity contribution in [3.8, 4) is 28.6 Å². The van der Waals surface area contributed by atoms with Crippen molar-refractivity contribution in [1.82, 2.24) is 14.9 Å². The molecule has 0 aliphatic heterocycles. The smallest absolute Gasteiger partial charge is 0.216 e. The van der Waals surface area contributed by atoms with Crippen LogP contribution in [-0.4, -0.2) is 42.4 Å². The van der Waals surface area contributed by atoms with E-state index in [0.717, 1.165) is 16.9 Å². The normalized spacial score (nSPS) is 10.9. The summed E-state index contributed by atoms with van der Waals surface area (Å²) in [6, 6.07) is 13.0. The summed E-state index contributed by atoms with van der Waals surface area (Å²) in [7, 11) is 4.83. The molecular weight excluding hydrogens is 352 g/mol. The quantitative estimate of drug-likeness (QED) is 0.531. The van der Waals surface area contributed by atoms with E-state index in [-0.39, 0.29) is 0 Å². The lowest BCUT2D eigenvalue weighted by atomic mass is 10.2. The van der Waals surface area contributed by atoms with Gasteiger partial charge in [-0.1, -0.05) is 0 Å². The average molecular weight is 370 g/mol. The van der Waals surface area contributed by atoms with Crippen molar-refractivity contribution >= 4 is 18.4 Å². The highest BCUT2D eigenvalue weighted by Crippen LogP contribution is 2.23. The van der Waals surface area contributed by atoms with Gasteiger partial charge in [-0.3, -0.25) is 0 Å². The van der Waals surface area contributed by atoms with Crippen LogP contribution in [0.25, 0.3) is 11.4 Å². The van der Waals surface area contributed by atoms with Gasteiger partial charge in [0.05, 0.1) is 27.5 Å². The number of benzene rings is 2. The number of nitrogens with one attached hydrogen (secondary N) is 1. The molecule has 3 aromatic rings. The SMILES string of the molecule is COc1ccc(-c2n[nH]c(=S)n2N=Cc2cc(OC)ccc2OC)cc1. The minimum atomic E-state index is 0.383. The summed E-state index contributed by atoms with van der Waals surface area (Å²) in [5, 5.41) is 11.5. The number of hydrogen-bond acceptors (Lipinski definition) is 6. The Bertz CT molecular complexity index is 977. The van der Waals surface area contributed by atoms with E-state index in [1.54, 1.807) is 32.2 Å². The minimum Gasteiger partial charge on any atom is -0.497 e. The summed E-state index contributed by atoms with van der Waals surface area (Å²) >= 11 is 5.30. The predicted octanol–water partition coefficient (Wildman–Crippen LogP) is 3.52. The lowest BCUT2D eigenvalue weighted by molar-refractivity contribution is 0.402. The molecule has 7 nitrogen and oxygen atoms in total. The molecule has 0 fully saturated rings. The molecule has 0 saturated carbocycles. The molecule has 2 aromatic carbocycles. The van der Waals surface area contributed by atoms with Gasteiger partial charge in [0.2, 0.25) is 4.77 Å². The minimum absolute atomic E-state index is 0.383. The second kappa shape index (κ2) is 7.83. The molecule has 1 N–H and O–H groups in total.